The molecule has 1 N–H and O–H groups in total. The van der Waals surface area contributed by atoms with Gasteiger partial charge >= 0.3 is 0 Å². The highest BCUT2D eigenvalue weighted by atomic mass is 16.2. The van der Waals surface area contributed by atoms with Gasteiger partial charge in [0.15, 0.2) is 0 Å². The zero-order valence-corrected chi connectivity index (χ0v) is 14.7. The van der Waals surface area contributed by atoms with Gasteiger partial charge in [-0.25, -0.2) is 0 Å². The van der Waals surface area contributed by atoms with Crippen molar-refractivity contribution in [2.45, 2.75) is 38.8 Å². The van der Waals surface area contributed by atoms with Crippen molar-refractivity contribution >= 4 is 17.5 Å². The monoisotopic (exact) mass is 340 g/mol. The highest BCUT2D eigenvalue weighted by molar-refractivity contribution is 5.99. The summed E-state index contributed by atoms with van der Waals surface area (Å²) in [6.45, 7) is 5.91. The summed E-state index contributed by atoms with van der Waals surface area (Å²) in [7, 11) is 0. The highest BCUT2D eigenvalue weighted by Gasteiger charge is 2.36. The molecule has 2 aliphatic rings. The highest BCUT2D eigenvalue weighted by Crippen LogP contribution is 2.24. The van der Waals surface area contributed by atoms with E-state index in [1.54, 1.807) is 24.0 Å². The van der Waals surface area contributed by atoms with E-state index in [-0.39, 0.29) is 23.9 Å². The third-order valence-corrected chi connectivity index (χ3v) is 5.28. The van der Waals surface area contributed by atoms with Gasteiger partial charge in [0.05, 0.1) is 17.7 Å². The van der Waals surface area contributed by atoms with Crippen LogP contribution in [0.3, 0.4) is 0 Å². The zero-order chi connectivity index (χ0) is 18.0. The fraction of sp³-hybridized carbons (Fsp3) is 0.526. The summed E-state index contributed by atoms with van der Waals surface area (Å²) in [5.74, 6) is 0.537. The lowest BCUT2D eigenvalue weighted by Crippen LogP contribution is -2.53. The van der Waals surface area contributed by atoms with E-state index < -0.39 is 0 Å². The lowest BCUT2D eigenvalue weighted by atomic mass is 9.93. The van der Waals surface area contributed by atoms with Crippen LogP contribution >= 0.6 is 0 Å². The van der Waals surface area contributed by atoms with Crippen LogP contribution in [0.1, 0.15) is 32.3 Å². The van der Waals surface area contributed by atoms with Crippen LogP contribution in [0.4, 0.5) is 5.69 Å². The van der Waals surface area contributed by atoms with Crippen molar-refractivity contribution in [3.05, 3.63) is 29.8 Å². The Hall–Kier alpha value is -2.39. The van der Waals surface area contributed by atoms with Gasteiger partial charge < -0.3 is 15.1 Å². The summed E-state index contributed by atoms with van der Waals surface area (Å²) in [6.07, 6.45) is 1.65. The van der Waals surface area contributed by atoms with Crippen LogP contribution in [0.2, 0.25) is 0 Å². The Kier molecular flexibility index (Phi) is 5.05. The lowest BCUT2D eigenvalue weighted by Gasteiger charge is -2.38. The first-order valence-electron chi connectivity index (χ1n) is 8.82. The number of carbonyl (C=O) groups is 2. The van der Waals surface area contributed by atoms with Crippen LogP contribution in [0.25, 0.3) is 0 Å². The van der Waals surface area contributed by atoms with Gasteiger partial charge in [0, 0.05) is 38.3 Å². The number of hydrogen-bond donors (Lipinski definition) is 1. The molecule has 2 fully saturated rings. The van der Waals surface area contributed by atoms with Crippen LogP contribution < -0.4 is 10.2 Å². The maximum atomic E-state index is 12.7. The molecule has 0 unspecified atom stereocenters. The van der Waals surface area contributed by atoms with Gasteiger partial charge in [-0.2, -0.15) is 5.26 Å². The van der Waals surface area contributed by atoms with E-state index in [4.69, 9.17) is 5.26 Å². The molecule has 0 aromatic heterocycles. The number of nitriles is 1. The Labute approximate surface area is 148 Å². The minimum atomic E-state index is -0.174. The van der Waals surface area contributed by atoms with Gasteiger partial charge in [0.25, 0.3) is 0 Å². The number of piperidine rings is 1. The Morgan fingerprint density at radius 2 is 1.96 bits per heavy atom. The van der Waals surface area contributed by atoms with E-state index in [1.165, 1.54) is 0 Å². The molecule has 3 rings (SSSR count). The molecular formula is C19H24N4O2. The van der Waals surface area contributed by atoms with Gasteiger partial charge in [0.1, 0.15) is 0 Å². The van der Waals surface area contributed by atoms with Gasteiger partial charge in [-0.1, -0.05) is 6.92 Å². The number of nitrogens with one attached hydrogen (secondary N) is 1. The molecule has 6 heteroatoms. The molecule has 1 aromatic carbocycles. The Morgan fingerprint density at radius 1 is 1.24 bits per heavy atom. The average Bonchev–Trinajstić information content (AvgIpc) is 2.97. The van der Waals surface area contributed by atoms with E-state index >= 15 is 0 Å². The molecule has 1 aromatic rings. The summed E-state index contributed by atoms with van der Waals surface area (Å²) >= 11 is 0. The van der Waals surface area contributed by atoms with Crippen molar-refractivity contribution in [3.8, 4) is 6.07 Å². The Balaban J connectivity index is 1.60. The van der Waals surface area contributed by atoms with Gasteiger partial charge in [-0.3, -0.25) is 9.59 Å². The average molecular weight is 340 g/mol. The van der Waals surface area contributed by atoms with Crippen LogP contribution in [0.5, 0.6) is 0 Å². The van der Waals surface area contributed by atoms with Crippen molar-refractivity contribution in [1.82, 2.24) is 10.2 Å². The van der Waals surface area contributed by atoms with Gasteiger partial charge in [-0.15, -0.1) is 0 Å². The normalized spacial score (nSPS) is 26.6. The zero-order valence-electron chi connectivity index (χ0n) is 14.7. The second kappa shape index (κ2) is 7.24. The van der Waals surface area contributed by atoms with E-state index in [9.17, 15) is 9.59 Å². The Morgan fingerprint density at radius 3 is 2.56 bits per heavy atom. The standard InChI is InChI=1S/C19H24N4O2/c1-13-12-22(14(2)24)9-7-17(13)21-18-8-10-23(19(18)25)16-5-3-15(11-20)4-6-16/h3-6,13,17-18,21H,7-10,12H2,1-2H3/t13-,17+,18+/m1/s1. The number of likely N-dealkylation sites (tertiary alicyclic amines) is 1. The lowest BCUT2D eigenvalue weighted by molar-refractivity contribution is -0.131. The molecule has 0 saturated carbocycles. The number of anilines is 1. The molecule has 0 radical (unpaired) electrons. The smallest absolute Gasteiger partial charge is 0.244 e. The molecule has 2 saturated heterocycles. The van der Waals surface area contributed by atoms with Crippen molar-refractivity contribution in [3.63, 3.8) is 0 Å². The van der Waals surface area contributed by atoms with Crippen molar-refractivity contribution < 1.29 is 9.59 Å². The van der Waals surface area contributed by atoms with E-state index in [1.807, 2.05) is 17.0 Å². The van der Waals surface area contributed by atoms with Crippen molar-refractivity contribution in [2.75, 3.05) is 24.5 Å². The second-order valence-corrected chi connectivity index (χ2v) is 6.99. The number of amides is 2. The van der Waals surface area contributed by atoms with E-state index in [2.05, 4.69) is 18.3 Å². The summed E-state index contributed by atoms with van der Waals surface area (Å²) in [5, 5.41) is 12.4. The quantitative estimate of drug-likeness (QED) is 0.905. The number of benzene rings is 1. The minimum absolute atomic E-state index is 0.0888. The molecule has 0 aliphatic carbocycles. The van der Waals surface area contributed by atoms with Crippen LogP contribution in [0.15, 0.2) is 24.3 Å². The Bertz CT molecular complexity index is 694. The van der Waals surface area contributed by atoms with E-state index in [0.717, 1.165) is 31.6 Å². The predicted octanol–water partition coefficient (Wildman–Crippen LogP) is 1.51. The molecule has 0 spiro atoms. The molecule has 6 nitrogen and oxygen atoms in total. The summed E-state index contributed by atoms with van der Waals surface area (Å²) in [4.78, 5) is 27.9. The molecule has 25 heavy (non-hydrogen) atoms. The molecule has 2 heterocycles. The first-order chi connectivity index (χ1) is 12.0. The molecule has 2 amide bonds. The molecule has 0 bridgehead atoms. The summed E-state index contributed by atoms with van der Waals surface area (Å²) < 4.78 is 0. The SMILES string of the molecule is CC(=O)N1CC[C@H](N[C@H]2CCN(c3ccc(C#N)cc3)C2=O)[C@H](C)C1. The van der Waals surface area contributed by atoms with Crippen LogP contribution in [-0.4, -0.2) is 48.4 Å². The van der Waals surface area contributed by atoms with Crippen molar-refractivity contribution in [1.29, 1.82) is 5.26 Å². The first-order valence-corrected chi connectivity index (χ1v) is 8.82. The maximum Gasteiger partial charge on any atom is 0.244 e. The molecule has 3 atom stereocenters. The largest absolute Gasteiger partial charge is 0.343 e. The maximum absolute atomic E-state index is 12.7. The predicted molar refractivity (Wildman–Crippen MR) is 94.9 cm³/mol. The van der Waals surface area contributed by atoms with Gasteiger partial charge in [-0.05, 0) is 43.0 Å². The van der Waals surface area contributed by atoms with E-state index in [0.29, 0.717) is 18.0 Å². The summed E-state index contributed by atoms with van der Waals surface area (Å²) in [5.41, 5.74) is 1.43. The molecule has 132 valence electrons. The third kappa shape index (κ3) is 3.67. The number of rotatable bonds is 3. The second-order valence-electron chi connectivity index (χ2n) is 6.99. The minimum Gasteiger partial charge on any atom is -0.343 e. The van der Waals surface area contributed by atoms with Crippen molar-refractivity contribution in [2.24, 2.45) is 5.92 Å². The number of carbonyl (C=O) groups excluding carboxylic acids is 2. The molecular weight excluding hydrogens is 316 g/mol. The first kappa shape index (κ1) is 17.4. The number of nitrogens with zero attached hydrogens (tertiary/aromatic N) is 3. The van der Waals surface area contributed by atoms with Crippen LogP contribution in [-0.2, 0) is 9.59 Å². The summed E-state index contributed by atoms with van der Waals surface area (Å²) in [6, 6.07) is 9.30. The topological polar surface area (TPSA) is 76.4 Å². The fourth-order valence-corrected chi connectivity index (χ4v) is 3.74. The number of hydrogen-bond acceptors (Lipinski definition) is 4. The van der Waals surface area contributed by atoms with Crippen LogP contribution in [0, 0.1) is 17.2 Å². The third-order valence-electron chi connectivity index (χ3n) is 5.28. The molecule has 2 aliphatic heterocycles. The fourth-order valence-electron chi connectivity index (χ4n) is 3.74. The van der Waals surface area contributed by atoms with Gasteiger partial charge in [0.2, 0.25) is 11.8 Å².